The molecule has 4 spiro atoms. The number of hydrogen-bond acceptors (Lipinski definition) is 10. The molecule has 0 unspecified atom stereocenters. The van der Waals surface area contributed by atoms with Crippen LogP contribution in [0.25, 0.3) is 0 Å². The zero-order valence-corrected chi connectivity index (χ0v) is 73.2. The number of likely N-dealkylation sites (tertiary alicyclic amines) is 2. The number of rotatable bonds is 8. The second kappa shape index (κ2) is 34.0. The van der Waals surface area contributed by atoms with Gasteiger partial charge in [-0.3, -0.25) is 19.2 Å². The van der Waals surface area contributed by atoms with Crippen molar-refractivity contribution < 1.29 is 38.2 Å². The highest BCUT2D eigenvalue weighted by Crippen LogP contribution is 2.60. The molecule has 0 radical (unpaired) electrons. The predicted molar refractivity (Wildman–Crippen MR) is 445 cm³/mol. The molecule has 22 heteroatoms. The molecular weight excluding hydrogens is 1490 g/mol. The van der Waals surface area contributed by atoms with E-state index in [-0.39, 0.29) is 116 Å². The largest absolute Gasteiger partial charge is 0.444 e. The SMILES string of the molecule is CC(=O)NC(C)(C)[C@@H]1CC2(CCN(C(=O)OC(C)(C)C)CC2)c2cc(Cl)c(C)cc21.CC(=O)NC(C)(C)[C@@H]1CC2(CCNCC2)c2cc(Cl)c(C)cc21.CC(=O)NC(C)(C)[C@H]1CC2(CCN(C(=O)OC(C)(C)C)CC2)c2cc(Cl)c(C)cc21.CC(=O)NC(C)(C)[C@H]1CC2(CCNCC2)c2cc(Cl)c(C)cc21.Cl.Cl. The van der Waals surface area contributed by atoms with Crippen LogP contribution in [0.2, 0.25) is 20.1 Å². The fraction of sp³-hybridized carbons (Fsp3) is 0.651. The second-order valence-corrected chi connectivity index (χ2v) is 38.6. The van der Waals surface area contributed by atoms with E-state index in [1.807, 2.05) is 65.2 Å². The number of hydrogen-bond donors (Lipinski definition) is 6. The molecule has 4 aromatic carbocycles. The third-order valence-electron chi connectivity index (χ3n) is 24.8. The minimum atomic E-state index is -0.495. The third-order valence-corrected chi connectivity index (χ3v) is 26.5. The molecule has 0 aromatic heterocycles. The fourth-order valence-corrected chi connectivity index (χ4v) is 20.2. The number of ether oxygens (including phenoxy) is 2. The van der Waals surface area contributed by atoms with Gasteiger partial charge in [0.05, 0.1) is 0 Å². The molecule has 4 aliphatic heterocycles. The number of nitrogens with zero attached hydrogens (tertiary/aromatic N) is 2. The van der Waals surface area contributed by atoms with Gasteiger partial charge in [-0.1, -0.05) is 70.7 Å². The molecule has 4 aliphatic carbocycles. The van der Waals surface area contributed by atoms with Crippen molar-refractivity contribution in [2.45, 2.75) is 308 Å². The molecule has 600 valence electrons. The van der Waals surface area contributed by atoms with E-state index < -0.39 is 11.2 Å². The molecule has 8 aliphatic rings. The maximum atomic E-state index is 12.5. The standard InChI is InChI=1S/2C24H35ClN2O3.2C19H27ClN2O.2ClH/c2*1-15-12-17-18(13-20(15)25)24(14-19(17)23(6,7)26-16(2)28)8-10-27(11-9-24)21(29)30-22(3,4)5;2*1-12-9-14-15(10-17(12)20)19(5-7-21-8-6-19)11-16(14)18(3,4)22-13(2)23;;/h2*12-13,19H,8-11,14H2,1-7H3,(H,26,28);2*9-10,16,21H,5-8,11H2,1-4H3,(H,22,23);2*1H/t2*19-;2*16-;;/m1010../s1. The van der Waals surface area contributed by atoms with Gasteiger partial charge in [0.2, 0.25) is 23.6 Å². The molecule has 6 amide bonds. The molecular formula is C86H126Cl6N8O8. The first-order valence-corrected chi connectivity index (χ1v) is 40.2. The van der Waals surface area contributed by atoms with E-state index in [9.17, 15) is 28.8 Å². The fourth-order valence-electron chi connectivity index (χ4n) is 19.6. The number of carbonyl (C=O) groups is 6. The summed E-state index contributed by atoms with van der Waals surface area (Å²) in [5.41, 5.74) is 13.2. The summed E-state index contributed by atoms with van der Waals surface area (Å²) >= 11 is 26.0. The van der Waals surface area contributed by atoms with E-state index in [0.29, 0.717) is 38.0 Å². The average Bonchev–Trinajstić information content (AvgIpc) is 1.57. The van der Waals surface area contributed by atoms with Gasteiger partial charge in [-0.2, -0.15) is 0 Å². The van der Waals surface area contributed by atoms with E-state index in [2.05, 4.69) is 150 Å². The number of halogens is 6. The number of carbonyl (C=O) groups excluding carboxylic acids is 6. The van der Waals surface area contributed by atoms with Crippen LogP contribution in [0.1, 0.15) is 292 Å². The van der Waals surface area contributed by atoms with E-state index in [4.69, 9.17) is 55.9 Å². The van der Waals surface area contributed by atoms with Gasteiger partial charge in [-0.15, -0.1) is 24.8 Å². The van der Waals surface area contributed by atoms with Gasteiger partial charge in [0.25, 0.3) is 0 Å². The molecule has 6 N–H and O–H groups in total. The number of benzene rings is 4. The molecule has 12 rings (SSSR count). The lowest BCUT2D eigenvalue weighted by molar-refractivity contribution is -0.121. The number of nitrogens with one attached hydrogen (secondary N) is 6. The van der Waals surface area contributed by atoms with Crippen molar-refractivity contribution >= 4 is 107 Å². The molecule has 4 saturated heterocycles. The first-order valence-electron chi connectivity index (χ1n) is 38.7. The minimum absolute atomic E-state index is 0. The van der Waals surface area contributed by atoms with Crippen LogP contribution in [0.3, 0.4) is 0 Å². The highest BCUT2D eigenvalue weighted by Gasteiger charge is 2.55. The Balaban J connectivity index is 0.000000201. The van der Waals surface area contributed by atoms with Crippen LogP contribution in [0.15, 0.2) is 48.5 Å². The van der Waals surface area contributed by atoms with E-state index in [1.54, 1.807) is 27.7 Å². The zero-order chi connectivity index (χ0) is 78.6. The Morgan fingerprint density at radius 1 is 0.361 bits per heavy atom. The lowest BCUT2D eigenvalue weighted by Gasteiger charge is -2.41. The number of aryl methyl sites for hydroxylation is 4. The summed E-state index contributed by atoms with van der Waals surface area (Å²) in [4.78, 5) is 75.8. The molecule has 0 bridgehead atoms. The summed E-state index contributed by atoms with van der Waals surface area (Å²) in [5.74, 6) is 1.08. The number of piperidine rings is 4. The Hall–Kier alpha value is -5.04. The van der Waals surface area contributed by atoms with Crippen molar-refractivity contribution in [2.75, 3.05) is 52.4 Å². The predicted octanol–water partition coefficient (Wildman–Crippen LogP) is 18.8. The Morgan fingerprint density at radius 2 is 0.556 bits per heavy atom. The van der Waals surface area contributed by atoms with Crippen LogP contribution >= 0.6 is 71.2 Å². The van der Waals surface area contributed by atoms with Crippen molar-refractivity contribution in [1.82, 2.24) is 41.7 Å². The van der Waals surface area contributed by atoms with Crippen LogP contribution in [-0.4, -0.2) is 131 Å². The van der Waals surface area contributed by atoms with Gasteiger partial charge >= 0.3 is 12.2 Å². The summed E-state index contributed by atoms with van der Waals surface area (Å²) in [6.07, 6.45) is 11.6. The van der Waals surface area contributed by atoms with Crippen molar-refractivity contribution in [1.29, 1.82) is 0 Å². The third kappa shape index (κ3) is 19.9. The van der Waals surface area contributed by atoms with Crippen LogP contribution < -0.4 is 31.9 Å². The highest BCUT2D eigenvalue weighted by atomic mass is 35.5. The minimum Gasteiger partial charge on any atom is -0.444 e. The molecule has 4 fully saturated rings. The maximum absolute atomic E-state index is 12.5. The Kier molecular flexibility index (Phi) is 28.3. The van der Waals surface area contributed by atoms with Gasteiger partial charge in [0, 0.05) is 120 Å². The quantitative estimate of drug-likeness (QED) is 0.0986. The first-order chi connectivity index (χ1) is 49.0. The Morgan fingerprint density at radius 3 is 0.741 bits per heavy atom. The van der Waals surface area contributed by atoms with Crippen LogP contribution in [-0.2, 0) is 50.3 Å². The first kappa shape index (κ1) is 90.2. The second-order valence-electron chi connectivity index (χ2n) is 36.9. The maximum Gasteiger partial charge on any atom is 0.410 e. The molecule has 108 heavy (non-hydrogen) atoms. The van der Waals surface area contributed by atoms with E-state index in [0.717, 1.165) is 146 Å². The van der Waals surface area contributed by atoms with Crippen molar-refractivity contribution in [2.24, 2.45) is 0 Å². The highest BCUT2D eigenvalue weighted by molar-refractivity contribution is 6.32. The zero-order valence-electron chi connectivity index (χ0n) is 68.6. The van der Waals surface area contributed by atoms with Crippen LogP contribution in [0, 0.1) is 27.7 Å². The molecule has 0 saturated carbocycles. The monoisotopic (exact) mass is 1610 g/mol. The van der Waals surface area contributed by atoms with Gasteiger partial charge < -0.3 is 51.2 Å². The van der Waals surface area contributed by atoms with Gasteiger partial charge in [-0.25, -0.2) is 9.59 Å². The van der Waals surface area contributed by atoms with Crippen LogP contribution in [0.4, 0.5) is 9.59 Å². The lowest BCUT2D eigenvalue weighted by atomic mass is 9.72. The molecule has 4 heterocycles. The Labute approximate surface area is 678 Å². The number of fused-ring (bicyclic) bond motifs is 8. The van der Waals surface area contributed by atoms with Gasteiger partial charge in [0.15, 0.2) is 0 Å². The molecule has 16 nitrogen and oxygen atoms in total. The Bertz CT molecular complexity index is 3730. The van der Waals surface area contributed by atoms with Gasteiger partial charge in [-0.05, 0) is 341 Å². The van der Waals surface area contributed by atoms with E-state index in [1.165, 1.54) is 44.5 Å². The van der Waals surface area contributed by atoms with Gasteiger partial charge in [0.1, 0.15) is 11.2 Å². The smallest absolute Gasteiger partial charge is 0.410 e. The lowest BCUT2D eigenvalue weighted by Crippen LogP contribution is -2.48. The molecule has 4 aromatic rings. The number of amides is 6. The van der Waals surface area contributed by atoms with Crippen LogP contribution in [0.5, 0.6) is 0 Å². The molecule has 4 atom stereocenters. The topological polar surface area (TPSA) is 200 Å². The summed E-state index contributed by atoms with van der Waals surface area (Å²) in [6.45, 7) is 49.7. The summed E-state index contributed by atoms with van der Waals surface area (Å²) in [5, 5.41) is 22.9. The normalized spacial score (nSPS) is 21.3. The van der Waals surface area contributed by atoms with Crippen molar-refractivity contribution in [3.8, 4) is 0 Å². The van der Waals surface area contributed by atoms with Crippen molar-refractivity contribution in [3.05, 3.63) is 135 Å². The summed E-state index contributed by atoms with van der Waals surface area (Å²) < 4.78 is 11.1. The summed E-state index contributed by atoms with van der Waals surface area (Å²) in [6, 6.07) is 17.5. The summed E-state index contributed by atoms with van der Waals surface area (Å²) in [7, 11) is 0. The van der Waals surface area contributed by atoms with E-state index >= 15 is 0 Å². The van der Waals surface area contributed by atoms with Crippen molar-refractivity contribution in [3.63, 3.8) is 0 Å². The average molecular weight is 1610 g/mol.